The van der Waals surface area contributed by atoms with Crippen molar-refractivity contribution in [1.82, 2.24) is 0 Å². The van der Waals surface area contributed by atoms with Crippen molar-refractivity contribution in [2.45, 2.75) is 18.7 Å². The second kappa shape index (κ2) is 8.36. The zero-order chi connectivity index (χ0) is 21.0. The van der Waals surface area contributed by atoms with Crippen molar-refractivity contribution in [3.63, 3.8) is 0 Å². The second-order valence-corrected chi connectivity index (χ2v) is 8.32. The van der Waals surface area contributed by atoms with E-state index in [1.165, 1.54) is 6.07 Å². The molecular formula is C22H22N2O4S. The van der Waals surface area contributed by atoms with Gasteiger partial charge in [0.15, 0.2) is 0 Å². The summed E-state index contributed by atoms with van der Waals surface area (Å²) in [4.78, 5) is 12.8. The van der Waals surface area contributed by atoms with Crippen molar-refractivity contribution < 1.29 is 17.9 Å². The number of carbonyl (C=O) groups is 1. The van der Waals surface area contributed by atoms with E-state index in [0.29, 0.717) is 28.3 Å². The number of hydrogen-bond acceptors (Lipinski definition) is 4. The first-order chi connectivity index (χ1) is 13.8. The van der Waals surface area contributed by atoms with E-state index in [1.807, 2.05) is 6.92 Å². The molecule has 0 radical (unpaired) electrons. The van der Waals surface area contributed by atoms with Crippen molar-refractivity contribution in [1.29, 1.82) is 0 Å². The van der Waals surface area contributed by atoms with Gasteiger partial charge < -0.3 is 10.1 Å². The van der Waals surface area contributed by atoms with Crippen LogP contribution >= 0.6 is 0 Å². The lowest BCUT2D eigenvalue weighted by Crippen LogP contribution is -2.16. The molecule has 7 heteroatoms. The van der Waals surface area contributed by atoms with Crippen LogP contribution in [0.3, 0.4) is 0 Å². The van der Waals surface area contributed by atoms with Gasteiger partial charge >= 0.3 is 0 Å². The number of benzene rings is 3. The van der Waals surface area contributed by atoms with Crippen LogP contribution in [0.5, 0.6) is 5.75 Å². The molecule has 29 heavy (non-hydrogen) atoms. The largest absolute Gasteiger partial charge is 0.497 e. The van der Waals surface area contributed by atoms with Gasteiger partial charge in [0.2, 0.25) is 0 Å². The van der Waals surface area contributed by atoms with Crippen molar-refractivity contribution in [2.24, 2.45) is 0 Å². The molecule has 0 aliphatic heterocycles. The number of methoxy groups -OCH3 is 1. The van der Waals surface area contributed by atoms with Gasteiger partial charge in [-0.3, -0.25) is 9.52 Å². The van der Waals surface area contributed by atoms with Crippen LogP contribution < -0.4 is 14.8 Å². The number of sulfonamides is 1. The topological polar surface area (TPSA) is 84.5 Å². The summed E-state index contributed by atoms with van der Waals surface area (Å²) in [6, 6.07) is 18.4. The van der Waals surface area contributed by atoms with Crippen LogP contribution in [0.4, 0.5) is 11.4 Å². The molecule has 0 heterocycles. The van der Waals surface area contributed by atoms with Gasteiger partial charge in [-0.2, -0.15) is 0 Å². The van der Waals surface area contributed by atoms with Crippen molar-refractivity contribution in [3.05, 3.63) is 83.4 Å². The first-order valence-electron chi connectivity index (χ1n) is 8.94. The van der Waals surface area contributed by atoms with Gasteiger partial charge in [0, 0.05) is 17.3 Å². The number of amides is 1. The quantitative estimate of drug-likeness (QED) is 0.632. The maximum atomic E-state index is 12.7. The molecule has 0 bridgehead atoms. The molecule has 0 aromatic heterocycles. The summed E-state index contributed by atoms with van der Waals surface area (Å²) in [7, 11) is -2.21. The number of rotatable bonds is 6. The Hall–Kier alpha value is -3.32. The molecule has 2 N–H and O–H groups in total. The highest BCUT2D eigenvalue weighted by Gasteiger charge is 2.17. The van der Waals surface area contributed by atoms with E-state index in [1.54, 1.807) is 74.7 Å². The van der Waals surface area contributed by atoms with Crippen LogP contribution in [0.2, 0.25) is 0 Å². The number of nitrogens with one attached hydrogen (secondary N) is 2. The third kappa shape index (κ3) is 4.94. The summed E-state index contributed by atoms with van der Waals surface area (Å²) in [6.45, 7) is 3.66. The van der Waals surface area contributed by atoms with Gasteiger partial charge in [-0.25, -0.2) is 8.42 Å². The monoisotopic (exact) mass is 410 g/mol. The van der Waals surface area contributed by atoms with Crippen LogP contribution in [0.25, 0.3) is 0 Å². The summed E-state index contributed by atoms with van der Waals surface area (Å²) in [6.07, 6.45) is 0. The van der Waals surface area contributed by atoms with E-state index in [4.69, 9.17) is 4.74 Å². The SMILES string of the molecule is COc1cccc(NC(=O)c2ccc(C)c(NS(=O)(=O)c3ccc(C)cc3)c2)c1. The summed E-state index contributed by atoms with van der Waals surface area (Å²) in [5, 5.41) is 2.78. The van der Waals surface area contributed by atoms with Crippen LogP contribution in [-0.2, 0) is 10.0 Å². The molecule has 0 spiro atoms. The smallest absolute Gasteiger partial charge is 0.261 e. The summed E-state index contributed by atoms with van der Waals surface area (Å²) in [5.74, 6) is 0.271. The fourth-order valence-electron chi connectivity index (χ4n) is 2.70. The number of aryl methyl sites for hydroxylation is 2. The van der Waals surface area contributed by atoms with Crippen LogP contribution in [0.15, 0.2) is 71.6 Å². The van der Waals surface area contributed by atoms with E-state index in [0.717, 1.165) is 5.56 Å². The molecular weight excluding hydrogens is 388 g/mol. The molecule has 0 atom stereocenters. The Morgan fingerprint density at radius 2 is 1.66 bits per heavy atom. The summed E-state index contributed by atoms with van der Waals surface area (Å²) >= 11 is 0. The highest BCUT2D eigenvalue weighted by atomic mass is 32.2. The lowest BCUT2D eigenvalue weighted by Gasteiger charge is -2.13. The Kier molecular flexibility index (Phi) is 5.89. The maximum Gasteiger partial charge on any atom is 0.261 e. The average molecular weight is 410 g/mol. The van der Waals surface area contributed by atoms with Gasteiger partial charge in [0.05, 0.1) is 17.7 Å². The lowest BCUT2D eigenvalue weighted by molar-refractivity contribution is 0.102. The fraction of sp³-hybridized carbons (Fsp3) is 0.136. The van der Waals surface area contributed by atoms with Gasteiger partial charge in [-0.05, 0) is 55.8 Å². The van der Waals surface area contributed by atoms with Crippen molar-refractivity contribution >= 4 is 27.3 Å². The first-order valence-corrected chi connectivity index (χ1v) is 10.4. The third-order valence-electron chi connectivity index (χ3n) is 4.40. The predicted octanol–water partition coefficient (Wildman–Crippen LogP) is 4.37. The van der Waals surface area contributed by atoms with E-state index in [-0.39, 0.29) is 10.8 Å². The van der Waals surface area contributed by atoms with E-state index < -0.39 is 10.0 Å². The molecule has 0 saturated heterocycles. The zero-order valence-electron chi connectivity index (χ0n) is 16.4. The molecule has 0 aliphatic carbocycles. The van der Waals surface area contributed by atoms with Gasteiger partial charge in [0.25, 0.3) is 15.9 Å². The van der Waals surface area contributed by atoms with Crippen LogP contribution in [0.1, 0.15) is 21.5 Å². The molecule has 6 nitrogen and oxygen atoms in total. The number of ether oxygens (including phenoxy) is 1. The Morgan fingerprint density at radius 3 is 2.34 bits per heavy atom. The van der Waals surface area contributed by atoms with Gasteiger partial charge in [-0.15, -0.1) is 0 Å². The molecule has 0 unspecified atom stereocenters. The molecule has 0 aliphatic rings. The summed E-state index contributed by atoms with van der Waals surface area (Å²) in [5.41, 5.74) is 2.94. The number of hydrogen-bond donors (Lipinski definition) is 2. The highest BCUT2D eigenvalue weighted by Crippen LogP contribution is 2.23. The van der Waals surface area contributed by atoms with Crippen molar-refractivity contribution in [2.75, 3.05) is 17.1 Å². The van der Waals surface area contributed by atoms with E-state index >= 15 is 0 Å². The Balaban J connectivity index is 1.83. The van der Waals surface area contributed by atoms with Gasteiger partial charge in [0.1, 0.15) is 5.75 Å². The van der Waals surface area contributed by atoms with Gasteiger partial charge in [-0.1, -0.05) is 29.8 Å². The van der Waals surface area contributed by atoms with Crippen LogP contribution in [0, 0.1) is 13.8 Å². The third-order valence-corrected chi connectivity index (χ3v) is 5.78. The fourth-order valence-corrected chi connectivity index (χ4v) is 3.82. The molecule has 150 valence electrons. The highest BCUT2D eigenvalue weighted by molar-refractivity contribution is 7.92. The van der Waals surface area contributed by atoms with E-state index in [2.05, 4.69) is 10.0 Å². The minimum atomic E-state index is -3.76. The number of anilines is 2. The molecule has 1 amide bonds. The molecule has 0 saturated carbocycles. The average Bonchev–Trinajstić information content (AvgIpc) is 2.70. The minimum Gasteiger partial charge on any atom is -0.497 e. The Morgan fingerprint density at radius 1 is 0.931 bits per heavy atom. The number of carbonyl (C=O) groups excluding carboxylic acids is 1. The Bertz CT molecular complexity index is 1140. The predicted molar refractivity (Wildman–Crippen MR) is 114 cm³/mol. The maximum absolute atomic E-state index is 12.7. The first kappa shape index (κ1) is 20.4. The molecule has 3 aromatic carbocycles. The standard InChI is InChI=1S/C22H22N2O4S/c1-15-7-11-20(12-8-15)29(26,27)24-21-13-17(10-9-16(21)2)22(25)23-18-5-4-6-19(14-18)28-3/h4-14,24H,1-3H3,(H,23,25). The lowest BCUT2D eigenvalue weighted by atomic mass is 10.1. The Labute approximate surface area is 170 Å². The normalized spacial score (nSPS) is 11.0. The van der Waals surface area contributed by atoms with E-state index in [9.17, 15) is 13.2 Å². The van der Waals surface area contributed by atoms with Crippen LogP contribution in [-0.4, -0.2) is 21.4 Å². The zero-order valence-corrected chi connectivity index (χ0v) is 17.2. The molecule has 3 rings (SSSR count). The molecule has 3 aromatic rings. The molecule has 0 fully saturated rings. The second-order valence-electron chi connectivity index (χ2n) is 6.63. The minimum absolute atomic E-state index is 0.161. The van der Waals surface area contributed by atoms with Crippen molar-refractivity contribution in [3.8, 4) is 5.75 Å². The summed E-state index contributed by atoms with van der Waals surface area (Å²) < 4.78 is 33.1.